The topological polar surface area (TPSA) is 92.3 Å². The van der Waals surface area contributed by atoms with Crippen LogP contribution in [0.15, 0.2) is 71.6 Å². The highest BCUT2D eigenvalue weighted by molar-refractivity contribution is 14.1. The average Bonchev–Trinajstić information content (AvgIpc) is 3.22. The number of halogens is 1. The molecule has 0 spiro atoms. The second-order valence-corrected chi connectivity index (χ2v) is 10.3. The van der Waals surface area contributed by atoms with Gasteiger partial charge in [-0.1, -0.05) is 36.4 Å². The van der Waals surface area contributed by atoms with Gasteiger partial charge in [0.05, 0.1) is 23.0 Å². The Morgan fingerprint density at radius 3 is 2.61 bits per heavy atom. The van der Waals surface area contributed by atoms with Gasteiger partial charge in [0.1, 0.15) is 15.9 Å². The Morgan fingerprint density at radius 1 is 1.06 bits per heavy atom. The van der Waals surface area contributed by atoms with E-state index in [1.165, 1.54) is 6.07 Å². The van der Waals surface area contributed by atoms with Gasteiger partial charge in [-0.15, -0.1) is 0 Å². The third kappa shape index (κ3) is 4.70. The van der Waals surface area contributed by atoms with Gasteiger partial charge in [0.25, 0.3) is 15.9 Å². The average molecular weight is 564 g/mol. The van der Waals surface area contributed by atoms with E-state index in [4.69, 9.17) is 0 Å². The van der Waals surface area contributed by atoms with E-state index in [0.717, 1.165) is 20.9 Å². The van der Waals surface area contributed by atoms with Gasteiger partial charge in [0.15, 0.2) is 0 Å². The zero-order chi connectivity index (χ0) is 22.0. The summed E-state index contributed by atoms with van der Waals surface area (Å²) in [5.41, 5.74) is 2.28. The van der Waals surface area contributed by atoms with E-state index in [9.17, 15) is 13.2 Å². The largest absolute Gasteiger partial charge is 0.337 e. The van der Waals surface area contributed by atoms with Crippen LogP contribution in [0.3, 0.4) is 0 Å². The lowest BCUT2D eigenvalue weighted by Crippen LogP contribution is -2.27. The number of nitrogens with one attached hydrogen (secondary N) is 1. The van der Waals surface area contributed by atoms with Crippen molar-refractivity contribution in [1.29, 1.82) is 0 Å². The Labute approximate surface area is 197 Å². The Bertz CT molecular complexity index is 1360. The molecule has 0 radical (unpaired) electrons. The summed E-state index contributed by atoms with van der Waals surface area (Å²) in [6.45, 7) is 0.404. The number of sulfonamides is 1. The lowest BCUT2D eigenvalue weighted by Gasteiger charge is -2.20. The van der Waals surface area contributed by atoms with Crippen molar-refractivity contribution in [3.8, 4) is 0 Å². The van der Waals surface area contributed by atoms with E-state index in [1.807, 2.05) is 30.3 Å². The first kappa shape index (κ1) is 21.7. The minimum Gasteiger partial charge on any atom is -0.337 e. The van der Waals surface area contributed by atoms with Crippen molar-refractivity contribution in [3.63, 3.8) is 0 Å². The Kier molecular flexibility index (Phi) is 6.21. The molecule has 1 amide bonds. The predicted octanol–water partition coefficient (Wildman–Crippen LogP) is 4.37. The number of carbonyl (C=O) groups excluding carboxylic acids is 1. The van der Waals surface area contributed by atoms with Crippen LogP contribution in [-0.4, -0.2) is 35.0 Å². The van der Waals surface area contributed by atoms with E-state index in [1.54, 1.807) is 42.3 Å². The summed E-state index contributed by atoms with van der Waals surface area (Å²) in [5.74, 6) is -0.286. The van der Waals surface area contributed by atoms with Crippen LogP contribution in [0.5, 0.6) is 0 Å². The van der Waals surface area contributed by atoms with E-state index >= 15 is 0 Å². The zero-order valence-electron chi connectivity index (χ0n) is 16.3. The smallest absolute Gasteiger partial charge is 0.264 e. The molecule has 0 fully saturated rings. The molecule has 4 aromatic rings. The molecule has 0 bridgehead atoms. The first-order valence-corrected chi connectivity index (χ1v) is 12.5. The number of carbonyl (C=O) groups is 1. The van der Waals surface area contributed by atoms with Crippen LogP contribution >= 0.6 is 34.3 Å². The molecule has 1 aromatic heterocycles. The molecular weight excluding hydrogens is 547 g/mol. The van der Waals surface area contributed by atoms with E-state index in [2.05, 4.69) is 36.1 Å². The minimum absolute atomic E-state index is 0.0219. The summed E-state index contributed by atoms with van der Waals surface area (Å²) < 4.78 is 37.9. The van der Waals surface area contributed by atoms with Crippen molar-refractivity contribution in [3.05, 3.63) is 81.4 Å². The molecule has 7 nitrogen and oxygen atoms in total. The van der Waals surface area contributed by atoms with Crippen molar-refractivity contribution in [2.24, 2.45) is 0 Å². The molecular formula is C21H17IN4O3S2. The quantitative estimate of drug-likeness (QED) is 0.352. The molecule has 0 aliphatic carbocycles. The summed E-state index contributed by atoms with van der Waals surface area (Å²) in [4.78, 5) is 14.7. The number of hydrogen-bond donors (Lipinski definition) is 1. The Balaban J connectivity index is 1.67. The number of rotatable bonds is 6. The molecule has 31 heavy (non-hydrogen) atoms. The minimum atomic E-state index is -3.99. The molecule has 4 rings (SSSR count). The Hall–Kier alpha value is -2.57. The van der Waals surface area contributed by atoms with Crippen LogP contribution in [0.2, 0.25) is 0 Å². The fraction of sp³-hybridized carbons (Fsp3) is 0.0952. The summed E-state index contributed by atoms with van der Waals surface area (Å²) in [6.07, 6.45) is 0. The van der Waals surface area contributed by atoms with Crippen LogP contribution in [-0.2, 0) is 16.6 Å². The molecule has 0 atom stereocenters. The fourth-order valence-corrected chi connectivity index (χ4v) is 5.45. The molecule has 0 aliphatic heterocycles. The highest BCUT2D eigenvalue weighted by Crippen LogP contribution is 2.27. The SMILES string of the molecule is CN(Cc1ccccc1)C(=O)c1ccc(I)cc1NS(=O)(=O)c1cccc2nsnc12. The Morgan fingerprint density at radius 2 is 1.84 bits per heavy atom. The number of fused-ring (bicyclic) bond motifs is 1. The summed E-state index contributed by atoms with van der Waals surface area (Å²) in [7, 11) is -2.30. The standard InChI is InChI=1S/C21H17IN4O3S2/c1-26(13-14-6-3-2-4-7-14)21(27)16-11-10-15(22)12-18(16)25-31(28,29)19-9-5-8-17-20(19)24-30-23-17/h2-12,25H,13H2,1H3. The molecule has 158 valence electrons. The van der Waals surface area contributed by atoms with Gasteiger partial charge >= 0.3 is 0 Å². The monoisotopic (exact) mass is 564 g/mol. The van der Waals surface area contributed by atoms with Gasteiger partial charge in [-0.25, -0.2) is 8.42 Å². The summed E-state index contributed by atoms with van der Waals surface area (Å²) >= 11 is 3.03. The number of benzene rings is 3. The normalized spacial score (nSPS) is 11.4. The van der Waals surface area contributed by atoms with Crippen LogP contribution in [0, 0.1) is 3.57 Å². The molecule has 10 heteroatoms. The van der Waals surface area contributed by atoms with Crippen LogP contribution < -0.4 is 4.72 Å². The third-order valence-electron chi connectivity index (χ3n) is 4.60. The van der Waals surface area contributed by atoms with Crippen molar-refractivity contribution in [1.82, 2.24) is 13.6 Å². The number of amides is 1. The highest BCUT2D eigenvalue weighted by atomic mass is 127. The van der Waals surface area contributed by atoms with Crippen molar-refractivity contribution >= 4 is 67.0 Å². The maximum absolute atomic E-state index is 13.2. The van der Waals surface area contributed by atoms with Gasteiger partial charge in [0, 0.05) is 17.2 Å². The fourth-order valence-electron chi connectivity index (χ4n) is 3.12. The maximum Gasteiger partial charge on any atom is 0.264 e. The van der Waals surface area contributed by atoms with Crippen molar-refractivity contribution < 1.29 is 13.2 Å². The van der Waals surface area contributed by atoms with Crippen LogP contribution in [0.1, 0.15) is 15.9 Å². The van der Waals surface area contributed by atoms with Crippen molar-refractivity contribution in [2.45, 2.75) is 11.4 Å². The molecule has 0 saturated heterocycles. The predicted molar refractivity (Wildman–Crippen MR) is 130 cm³/mol. The number of anilines is 1. The summed E-state index contributed by atoms with van der Waals surface area (Å²) in [6, 6.07) is 19.4. The lowest BCUT2D eigenvalue weighted by molar-refractivity contribution is 0.0786. The number of hydrogen-bond acceptors (Lipinski definition) is 6. The zero-order valence-corrected chi connectivity index (χ0v) is 20.1. The third-order valence-corrected chi connectivity index (χ3v) is 7.21. The van der Waals surface area contributed by atoms with E-state index < -0.39 is 10.0 Å². The van der Waals surface area contributed by atoms with Crippen LogP contribution in [0.25, 0.3) is 11.0 Å². The number of nitrogens with zero attached hydrogens (tertiary/aromatic N) is 3. The maximum atomic E-state index is 13.2. The van der Waals surface area contributed by atoms with Crippen molar-refractivity contribution in [2.75, 3.05) is 11.8 Å². The van der Waals surface area contributed by atoms with E-state index in [0.29, 0.717) is 17.6 Å². The van der Waals surface area contributed by atoms with Gasteiger partial charge in [0.2, 0.25) is 0 Å². The second-order valence-electron chi connectivity index (χ2n) is 6.83. The molecule has 0 aliphatic rings. The van der Waals surface area contributed by atoms with Gasteiger partial charge < -0.3 is 4.90 Å². The molecule has 1 heterocycles. The first-order valence-electron chi connectivity index (χ1n) is 9.18. The summed E-state index contributed by atoms with van der Waals surface area (Å²) in [5, 5.41) is 0. The van der Waals surface area contributed by atoms with Gasteiger partial charge in [-0.05, 0) is 58.5 Å². The van der Waals surface area contributed by atoms with Gasteiger partial charge in [-0.3, -0.25) is 9.52 Å². The molecule has 0 saturated carbocycles. The van der Waals surface area contributed by atoms with Crippen LogP contribution in [0.4, 0.5) is 5.69 Å². The lowest BCUT2D eigenvalue weighted by atomic mass is 10.1. The molecule has 0 unspecified atom stereocenters. The molecule has 1 N–H and O–H groups in total. The highest BCUT2D eigenvalue weighted by Gasteiger charge is 2.24. The number of aromatic nitrogens is 2. The van der Waals surface area contributed by atoms with Gasteiger partial charge in [-0.2, -0.15) is 8.75 Å². The van der Waals surface area contributed by atoms with E-state index in [-0.39, 0.29) is 22.1 Å². The second kappa shape index (κ2) is 8.89. The molecule has 3 aromatic carbocycles. The first-order chi connectivity index (χ1) is 14.8.